The van der Waals surface area contributed by atoms with Crippen LogP contribution in [0.2, 0.25) is 0 Å². The Morgan fingerprint density at radius 2 is 1.90 bits per heavy atom. The molecule has 0 radical (unpaired) electrons. The molecule has 2 heteroatoms. The Hall–Kier alpha value is -0.860. The monoisotopic (exact) mass is 274 g/mol. The van der Waals surface area contributed by atoms with E-state index in [1.165, 1.54) is 43.4 Å². The first-order chi connectivity index (χ1) is 9.69. The molecule has 3 unspecified atom stereocenters. The van der Waals surface area contributed by atoms with Crippen molar-refractivity contribution in [3.8, 4) is 0 Å². The van der Waals surface area contributed by atoms with Crippen LogP contribution in [0, 0.1) is 0 Å². The van der Waals surface area contributed by atoms with Crippen LogP contribution in [0.25, 0.3) is 0 Å². The van der Waals surface area contributed by atoms with Crippen molar-refractivity contribution >= 4 is 0 Å². The maximum Gasteiger partial charge on any atom is 0.0478 e. The average molecular weight is 274 g/mol. The second-order valence-corrected chi connectivity index (χ2v) is 6.29. The summed E-state index contributed by atoms with van der Waals surface area (Å²) < 4.78 is 0. The van der Waals surface area contributed by atoms with Crippen molar-refractivity contribution in [3.05, 3.63) is 35.4 Å². The topological polar surface area (TPSA) is 15.3 Å². The molecule has 2 rings (SSSR count). The second-order valence-electron chi connectivity index (χ2n) is 6.29. The summed E-state index contributed by atoms with van der Waals surface area (Å²) in [5.41, 5.74) is 3.03. The molecule has 1 aromatic carbocycles. The molecule has 1 N–H and O–H groups in total. The lowest BCUT2D eigenvalue weighted by Crippen LogP contribution is -2.45. The molecular formula is C18H30N2. The van der Waals surface area contributed by atoms with Crippen molar-refractivity contribution in [1.82, 2.24) is 10.2 Å². The molecule has 0 aromatic heterocycles. The largest absolute Gasteiger partial charge is 0.312 e. The van der Waals surface area contributed by atoms with Gasteiger partial charge in [-0.3, -0.25) is 0 Å². The van der Waals surface area contributed by atoms with Gasteiger partial charge in [0, 0.05) is 12.1 Å². The predicted octanol–water partition coefficient (Wildman–Crippen LogP) is 3.94. The molecule has 20 heavy (non-hydrogen) atoms. The summed E-state index contributed by atoms with van der Waals surface area (Å²) in [4.78, 5) is 2.57. The summed E-state index contributed by atoms with van der Waals surface area (Å²) in [6.07, 6.45) is 5.21. The normalized spacial score (nSPS) is 25.8. The van der Waals surface area contributed by atoms with E-state index in [-0.39, 0.29) is 0 Å². The van der Waals surface area contributed by atoms with Crippen LogP contribution in [0.15, 0.2) is 24.3 Å². The maximum absolute atomic E-state index is 3.56. The van der Waals surface area contributed by atoms with Gasteiger partial charge in [0.25, 0.3) is 0 Å². The van der Waals surface area contributed by atoms with Gasteiger partial charge in [0.15, 0.2) is 0 Å². The smallest absolute Gasteiger partial charge is 0.0478 e. The zero-order chi connectivity index (χ0) is 14.5. The number of hydrogen-bond donors (Lipinski definition) is 1. The van der Waals surface area contributed by atoms with Crippen LogP contribution in [0.3, 0.4) is 0 Å². The zero-order valence-electron chi connectivity index (χ0n) is 13.5. The Morgan fingerprint density at radius 3 is 2.55 bits per heavy atom. The molecule has 0 amide bonds. The number of nitrogens with one attached hydrogen (secondary N) is 1. The van der Waals surface area contributed by atoms with Crippen molar-refractivity contribution in [1.29, 1.82) is 0 Å². The van der Waals surface area contributed by atoms with E-state index < -0.39 is 0 Å². The van der Waals surface area contributed by atoms with E-state index in [4.69, 9.17) is 0 Å². The fourth-order valence-corrected chi connectivity index (χ4v) is 3.63. The Balaban J connectivity index is 2.14. The van der Waals surface area contributed by atoms with Crippen LogP contribution >= 0.6 is 0 Å². The maximum atomic E-state index is 3.56. The van der Waals surface area contributed by atoms with Crippen LogP contribution in [0.1, 0.15) is 62.6 Å². The van der Waals surface area contributed by atoms with Gasteiger partial charge in [0.1, 0.15) is 0 Å². The van der Waals surface area contributed by atoms with E-state index >= 15 is 0 Å². The number of rotatable bonds is 6. The molecule has 1 aliphatic carbocycles. The molecule has 0 saturated heterocycles. The lowest BCUT2D eigenvalue weighted by molar-refractivity contribution is 0.165. The van der Waals surface area contributed by atoms with Crippen LogP contribution in [0.5, 0.6) is 0 Å². The highest BCUT2D eigenvalue weighted by atomic mass is 15.2. The van der Waals surface area contributed by atoms with E-state index in [2.05, 4.69) is 62.4 Å². The third-order valence-corrected chi connectivity index (χ3v) is 4.83. The molecule has 0 fully saturated rings. The van der Waals surface area contributed by atoms with Crippen LogP contribution in [-0.2, 0) is 0 Å². The molecule has 1 aromatic rings. The van der Waals surface area contributed by atoms with E-state index in [0.717, 1.165) is 0 Å². The third-order valence-electron chi connectivity index (χ3n) is 4.83. The Kier molecular flexibility index (Phi) is 5.62. The quantitative estimate of drug-likeness (QED) is 0.790. The van der Waals surface area contributed by atoms with Crippen LogP contribution < -0.4 is 5.32 Å². The van der Waals surface area contributed by atoms with Gasteiger partial charge in [-0.05, 0) is 50.5 Å². The molecule has 112 valence electrons. The first kappa shape index (κ1) is 15.5. The van der Waals surface area contributed by atoms with E-state index in [1.807, 2.05) is 0 Å². The number of nitrogens with zero attached hydrogens (tertiary/aromatic N) is 1. The first-order valence-electron chi connectivity index (χ1n) is 8.15. The van der Waals surface area contributed by atoms with Crippen molar-refractivity contribution < 1.29 is 0 Å². The standard InChI is InChI=1S/C18H30N2/c1-5-6-9-12-20(4)17-13-14(2)15-10-7-8-11-16(15)18(17)19-3/h7-8,10-11,14,17-19H,5-6,9,12-13H2,1-4H3. The minimum Gasteiger partial charge on any atom is -0.312 e. The Bertz CT molecular complexity index is 416. The van der Waals surface area contributed by atoms with Crippen LogP contribution in [0.4, 0.5) is 0 Å². The van der Waals surface area contributed by atoms with Gasteiger partial charge in [0.05, 0.1) is 0 Å². The molecule has 3 atom stereocenters. The number of benzene rings is 1. The molecular weight excluding hydrogens is 244 g/mol. The van der Waals surface area contributed by atoms with Crippen molar-refractivity contribution in [2.24, 2.45) is 0 Å². The average Bonchev–Trinajstić information content (AvgIpc) is 2.47. The summed E-state index contributed by atoms with van der Waals surface area (Å²) in [5, 5.41) is 3.56. The Labute approximate surface area is 124 Å². The lowest BCUT2D eigenvalue weighted by Gasteiger charge is -2.41. The molecule has 0 aliphatic heterocycles. The molecule has 0 spiro atoms. The van der Waals surface area contributed by atoms with E-state index in [1.54, 1.807) is 0 Å². The van der Waals surface area contributed by atoms with Gasteiger partial charge < -0.3 is 10.2 Å². The first-order valence-corrected chi connectivity index (χ1v) is 8.15. The summed E-state index contributed by atoms with van der Waals surface area (Å²) in [6, 6.07) is 10.0. The molecule has 2 nitrogen and oxygen atoms in total. The van der Waals surface area contributed by atoms with Crippen LogP contribution in [-0.4, -0.2) is 31.6 Å². The summed E-state index contributed by atoms with van der Waals surface area (Å²) >= 11 is 0. The number of likely N-dealkylation sites (N-methyl/N-ethyl adjacent to an activating group) is 2. The highest BCUT2D eigenvalue weighted by Crippen LogP contribution is 2.39. The molecule has 0 saturated carbocycles. The summed E-state index contributed by atoms with van der Waals surface area (Å²) in [7, 11) is 4.40. The van der Waals surface area contributed by atoms with Crippen molar-refractivity contribution in [2.75, 3.05) is 20.6 Å². The number of hydrogen-bond acceptors (Lipinski definition) is 2. The van der Waals surface area contributed by atoms with Crippen molar-refractivity contribution in [3.63, 3.8) is 0 Å². The highest BCUT2D eigenvalue weighted by molar-refractivity contribution is 5.36. The van der Waals surface area contributed by atoms with Gasteiger partial charge in [-0.2, -0.15) is 0 Å². The minimum atomic E-state index is 0.467. The second kappa shape index (κ2) is 7.24. The van der Waals surface area contributed by atoms with Gasteiger partial charge in [-0.15, -0.1) is 0 Å². The van der Waals surface area contributed by atoms with Gasteiger partial charge in [-0.1, -0.05) is 51.0 Å². The highest BCUT2D eigenvalue weighted by Gasteiger charge is 2.33. The van der Waals surface area contributed by atoms with E-state index in [9.17, 15) is 0 Å². The minimum absolute atomic E-state index is 0.467. The SMILES string of the molecule is CCCCCN(C)C1CC(C)c2ccccc2C1NC. The summed E-state index contributed by atoms with van der Waals surface area (Å²) in [6.45, 7) is 5.86. The van der Waals surface area contributed by atoms with Gasteiger partial charge >= 0.3 is 0 Å². The third kappa shape index (κ3) is 3.24. The van der Waals surface area contributed by atoms with E-state index in [0.29, 0.717) is 18.0 Å². The fourth-order valence-electron chi connectivity index (χ4n) is 3.63. The van der Waals surface area contributed by atoms with Gasteiger partial charge in [-0.25, -0.2) is 0 Å². The van der Waals surface area contributed by atoms with Crippen molar-refractivity contribution in [2.45, 2.75) is 57.5 Å². The number of unbranched alkanes of at least 4 members (excludes halogenated alkanes) is 2. The Morgan fingerprint density at radius 1 is 1.20 bits per heavy atom. The summed E-state index contributed by atoms with van der Waals surface area (Å²) in [5.74, 6) is 0.662. The predicted molar refractivity (Wildman–Crippen MR) is 87.2 cm³/mol. The molecule has 0 bridgehead atoms. The number of fused-ring (bicyclic) bond motifs is 1. The lowest BCUT2D eigenvalue weighted by atomic mass is 9.77. The fraction of sp³-hybridized carbons (Fsp3) is 0.667. The molecule has 1 aliphatic rings. The zero-order valence-corrected chi connectivity index (χ0v) is 13.5. The molecule has 0 heterocycles. The van der Waals surface area contributed by atoms with Gasteiger partial charge in [0.2, 0.25) is 0 Å².